The van der Waals surface area contributed by atoms with E-state index in [0.717, 1.165) is 24.4 Å². The average Bonchev–Trinajstić information content (AvgIpc) is 2.85. The molecule has 0 aliphatic carbocycles. The molecule has 2 aromatic heterocycles. The Morgan fingerprint density at radius 3 is 2.58 bits per heavy atom. The van der Waals surface area contributed by atoms with Crippen LogP contribution in [-0.2, 0) is 0 Å². The second-order valence-corrected chi connectivity index (χ2v) is 5.09. The Morgan fingerprint density at radius 2 is 1.92 bits per heavy atom. The van der Waals surface area contributed by atoms with Gasteiger partial charge >= 0.3 is 6.09 Å². The van der Waals surface area contributed by atoms with E-state index < -0.39 is 29.6 Å². The molecule has 1 atom stereocenters. The Morgan fingerprint density at radius 1 is 1.21 bits per heavy atom. The molecule has 124 valence electrons. The second kappa shape index (κ2) is 5.84. The molecule has 3 rings (SSSR count). The van der Waals surface area contributed by atoms with E-state index in [1.807, 2.05) is 0 Å². The van der Waals surface area contributed by atoms with E-state index in [9.17, 15) is 18.0 Å². The van der Waals surface area contributed by atoms with Gasteiger partial charge in [0.05, 0.1) is 35.2 Å². The number of hydrogen-bond acceptors (Lipinski definition) is 3. The fourth-order valence-corrected chi connectivity index (χ4v) is 2.43. The van der Waals surface area contributed by atoms with Crippen molar-refractivity contribution in [3.63, 3.8) is 0 Å². The Hall–Kier alpha value is -3.10. The lowest BCUT2D eigenvalue weighted by Gasteiger charge is -2.14. The molecule has 0 fully saturated rings. The predicted octanol–water partition coefficient (Wildman–Crippen LogP) is 3.17. The quantitative estimate of drug-likeness (QED) is 0.770. The van der Waals surface area contributed by atoms with Crippen molar-refractivity contribution in [2.45, 2.75) is 13.0 Å². The van der Waals surface area contributed by atoms with Gasteiger partial charge in [-0.2, -0.15) is 0 Å². The van der Waals surface area contributed by atoms with Gasteiger partial charge in [-0.1, -0.05) is 0 Å². The molecule has 0 aliphatic heterocycles. The summed E-state index contributed by atoms with van der Waals surface area (Å²) in [4.78, 5) is 18.7. The zero-order chi connectivity index (χ0) is 17.4. The molecule has 1 aromatic carbocycles. The zero-order valence-corrected chi connectivity index (χ0v) is 12.3. The molecule has 3 aromatic rings. The number of nitrogens with one attached hydrogen (secondary N) is 1. The number of imidazole rings is 1. The molecule has 0 radical (unpaired) electrons. The van der Waals surface area contributed by atoms with Crippen molar-refractivity contribution in [2.24, 2.45) is 0 Å². The van der Waals surface area contributed by atoms with Crippen LogP contribution in [0.5, 0.6) is 0 Å². The first-order valence-corrected chi connectivity index (χ1v) is 6.84. The summed E-state index contributed by atoms with van der Waals surface area (Å²) in [6, 6.07) is 2.13. The van der Waals surface area contributed by atoms with Crippen molar-refractivity contribution < 1.29 is 23.1 Å². The first-order valence-electron chi connectivity index (χ1n) is 6.84. The number of nitrogens with zero attached hydrogens (tertiary/aromatic N) is 3. The minimum atomic E-state index is -1.30. The monoisotopic (exact) mass is 336 g/mol. The Labute approximate surface area is 133 Å². The average molecular weight is 336 g/mol. The van der Waals surface area contributed by atoms with E-state index in [2.05, 4.69) is 15.3 Å². The lowest BCUT2D eigenvalue weighted by molar-refractivity contribution is 0.190. The fraction of sp³-hybridized carbons (Fsp3) is 0.133. The summed E-state index contributed by atoms with van der Waals surface area (Å²) >= 11 is 0. The van der Waals surface area contributed by atoms with E-state index in [0.29, 0.717) is 0 Å². The van der Waals surface area contributed by atoms with Gasteiger partial charge in [-0.05, 0) is 6.92 Å². The Kier molecular flexibility index (Phi) is 3.84. The number of pyridine rings is 1. The summed E-state index contributed by atoms with van der Waals surface area (Å²) in [5, 5.41) is 11.1. The van der Waals surface area contributed by atoms with E-state index in [4.69, 9.17) is 5.11 Å². The maximum absolute atomic E-state index is 13.6. The van der Waals surface area contributed by atoms with Crippen LogP contribution in [0, 0.1) is 17.5 Å². The van der Waals surface area contributed by atoms with Gasteiger partial charge < -0.3 is 10.4 Å². The summed E-state index contributed by atoms with van der Waals surface area (Å²) in [7, 11) is 0. The van der Waals surface area contributed by atoms with Crippen molar-refractivity contribution in [3.8, 4) is 5.69 Å². The number of carboxylic acid groups (broad SMARTS) is 1. The third kappa shape index (κ3) is 2.75. The third-order valence-electron chi connectivity index (χ3n) is 3.40. The van der Waals surface area contributed by atoms with E-state index in [-0.39, 0.29) is 22.5 Å². The largest absolute Gasteiger partial charge is 0.465 e. The smallest absolute Gasteiger partial charge is 0.405 e. The lowest BCUT2D eigenvalue weighted by atomic mass is 10.2. The van der Waals surface area contributed by atoms with E-state index in [1.54, 1.807) is 0 Å². The fourth-order valence-electron chi connectivity index (χ4n) is 2.43. The molecule has 2 heterocycles. The highest BCUT2D eigenvalue weighted by molar-refractivity contribution is 5.79. The molecule has 9 heteroatoms. The summed E-state index contributed by atoms with van der Waals surface area (Å²) in [5.74, 6) is -2.68. The van der Waals surface area contributed by atoms with E-state index >= 15 is 0 Å². The van der Waals surface area contributed by atoms with Crippen molar-refractivity contribution in [3.05, 3.63) is 53.9 Å². The van der Waals surface area contributed by atoms with Crippen LogP contribution in [0.4, 0.5) is 18.0 Å². The van der Waals surface area contributed by atoms with Crippen LogP contribution in [0.2, 0.25) is 0 Å². The van der Waals surface area contributed by atoms with Crippen LogP contribution in [0.3, 0.4) is 0 Å². The van der Waals surface area contributed by atoms with Crippen molar-refractivity contribution in [2.75, 3.05) is 0 Å². The van der Waals surface area contributed by atoms with Gasteiger partial charge in [-0.25, -0.2) is 22.9 Å². The zero-order valence-electron chi connectivity index (χ0n) is 12.3. The number of aromatic nitrogens is 3. The number of hydrogen-bond donors (Lipinski definition) is 2. The predicted molar refractivity (Wildman–Crippen MR) is 78.3 cm³/mol. The topological polar surface area (TPSA) is 80.0 Å². The molecule has 24 heavy (non-hydrogen) atoms. The number of fused-ring (bicyclic) bond motifs is 1. The number of amides is 1. The van der Waals surface area contributed by atoms with Gasteiger partial charge in [0.15, 0.2) is 11.6 Å². The highest BCUT2D eigenvalue weighted by Crippen LogP contribution is 2.27. The van der Waals surface area contributed by atoms with Crippen LogP contribution in [0.1, 0.15) is 18.8 Å². The Balaban J connectivity index is 2.29. The lowest BCUT2D eigenvalue weighted by Crippen LogP contribution is -2.26. The summed E-state index contributed by atoms with van der Waals surface area (Å²) < 4.78 is 41.9. The van der Waals surface area contributed by atoms with Gasteiger partial charge in [0.1, 0.15) is 11.6 Å². The normalized spacial score (nSPS) is 12.3. The van der Waals surface area contributed by atoms with Gasteiger partial charge in [-0.3, -0.25) is 9.55 Å². The number of benzene rings is 1. The van der Waals surface area contributed by atoms with Crippen LogP contribution in [0.25, 0.3) is 16.7 Å². The van der Waals surface area contributed by atoms with E-state index in [1.165, 1.54) is 17.7 Å². The third-order valence-corrected chi connectivity index (χ3v) is 3.40. The van der Waals surface area contributed by atoms with Crippen LogP contribution in [0.15, 0.2) is 30.6 Å². The first kappa shape index (κ1) is 15.8. The Bertz CT molecular complexity index is 942. The molecular formula is C15H11F3N4O2. The standard InChI is InChI=1S/C15H11F3N4O2/c1-7(20-15(23)24)14-21-12-3-10(17)11(18)4-13(12)22(14)9-2-8(16)5-19-6-9/h2-7,20H,1H3,(H,23,24). The summed E-state index contributed by atoms with van der Waals surface area (Å²) in [5.41, 5.74) is 0.472. The molecule has 0 saturated heterocycles. The highest BCUT2D eigenvalue weighted by atomic mass is 19.2. The van der Waals surface area contributed by atoms with Gasteiger partial charge in [0.2, 0.25) is 0 Å². The molecule has 0 saturated carbocycles. The van der Waals surface area contributed by atoms with Gasteiger partial charge in [0.25, 0.3) is 0 Å². The van der Waals surface area contributed by atoms with Gasteiger partial charge in [-0.15, -0.1) is 0 Å². The number of rotatable bonds is 3. The molecule has 0 spiro atoms. The number of halogens is 3. The second-order valence-electron chi connectivity index (χ2n) is 5.09. The highest BCUT2D eigenvalue weighted by Gasteiger charge is 2.21. The van der Waals surface area contributed by atoms with Crippen LogP contribution >= 0.6 is 0 Å². The van der Waals surface area contributed by atoms with Crippen molar-refractivity contribution in [1.29, 1.82) is 0 Å². The first-order chi connectivity index (χ1) is 11.4. The maximum Gasteiger partial charge on any atom is 0.405 e. The summed E-state index contributed by atoms with van der Waals surface area (Å²) in [6.45, 7) is 1.51. The molecule has 1 amide bonds. The van der Waals surface area contributed by atoms with Crippen LogP contribution in [-0.4, -0.2) is 25.7 Å². The van der Waals surface area contributed by atoms with Gasteiger partial charge in [0, 0.05) is 18.2 Å². The molecule has 0 bridgehead atoms. The molecule has 6 nitrogen and oxygen atoms in total. The SMILES string of the molecule is CC(NC(=O)O)c1nc2cc(F)c(F)cc2n1-c1cncc(F)c1. The summed E-state index contributed by atoms with van der Waals surface area (Å²) in [6.07, 6.45) is 1.00. The minimum absolute atomic E-state index is 0.104. The molecular weight excluding hydrogens is 325 g/mol. The minimum Gasteiger partial charge on any atom is -0.465 e. The number of carbonyl (C=O) groups is 1. The van der Waals surface area contributed by atoms with Crippen LogP contribution < -0.4 is 5.32 Å². The van der Waals surface area contributed by atoms with Crippen molar-refractivity contribution >= 4 is 17.1 Å². The molecule has 2 N–H and O–H groups in total. The van der Waals surface area contributed by atoms with Crippen molar-refractivity contribution in [1.82, 2.24) is 19.9 Å². The molecule has 1 unspecified atom stereocenters. The molecule has 0 aliphatic rings. The maximum atomic E-state index is 13.6.